The first-order valence-corrected chi connectivity index (χ1v) is 11.5. The molecule has 7 heteroatoms. The second-order valence-corrected chi connectivity index (χ2v) is 8.31. The van der Waals surface area contributed by atoms with E-state index in [1.54, 1.807) is 12.0 Å². The molecule has 1 N–H and O–H groups in total. The Hall–Kier alpha value is -4.39. The molecule has 0 spiro atoms. The Labute approximate surface area is 204 Å². The van der Waals surface area contributed by atoms with Crippen molar-refractivity contribution in [2.24, 2.45) is 0 Å². The number of carbonyl (C=O) groups is 1. The number of methoxy groups -OCH3 is 1. The number of nitrogens with one attached hydrogen (secondary N) is 1. The van der Waals surface area contributed by atoms with Crippen LogP contribution in [0.2, 0.25) is 0 Å². The van der Waals surface area contributed by atoms with Crippen molar-refractivity contribution >= 4 is 17.3 Å². The SMILES string of the molecule is CCc1cccc(N2C(=O)NC(c3cccc(OC)c3)C(c3nc(-c4ccccc4)no3)=C2C)c1. The average Bonchev–Trinajstić information content (AvgIpc) is 3.39. The van der Waals surface area contributed by atoms with Gasteiger partial charge in [-0.25, -0.2) is 4.79 Å². The van der Waals surface area contributed by atoms with E-state index < -0.39 is 6.04 Å². The van der Waals surface area contributed by atoms with E-state index in [0.29, 0.717) is 17.5 Å². The summed E-state index contributed by atoms with van der Waals surface area (Å²) in [7, 11) is 1.62. The van der Waals surface area contributed by atoms with Gasteiger partial charge in [0.2, 0.25) is 5.82 Å². The number of carbonyl (C=O) groups excluding carboxylic acids is 1. The summed E-state index contributed by atoms with van der Waals surface area (Å²) >= 11 is 0. The van der Waals surface area contributed by atoms with Crippen LogP contribution in [0, 0.1) is 0 Å². The van der Waals surface area contributed by atoms with Crippen LogP contribution in [0.5, 0.6) is 5.75 Å². The van der Waals surface area contributed by atoms with Crippen molar-refractivity contribution in [1.82, 2.24) is 15.5 Å². The Morgan fingerprint density at radius 3 is 2.60 bits per heavy atom. The third-order valence-corrected chi connectivity index (χ3v) is 6.18. The Bertz CT molecular complexity index is 1390. The normalized spacial score (nSPS) is 15.8. The number of anilines is 1. The summed E-state index contributed by atoms with van der Waals surface area (Å²) in [4.78, 5) is 19.8. The predicted octanol–water partition coefficient (Wildman–Crippen LogP) is 6.01. The van der Waals surface area contributed by atoms with Gasteiger partial charge >= 0.3 is 6.03 Å². The molecule has 176 valence electrons. The highest BCUT2D eigenvalue weighted by molar-refractivity contribution is 6.01. The third kappa shape index (κ3) is 4.28. The molecular weight excluding hydrogens is 440 g/mol. The lowest BCUT2D eigenvalue weighted by molar-refractivity contribution is 0.244. The molecule has 1 unspecified atom stereocenters. The first-order valence-electron chi connectivity index (χ1n) is 11.5. The Kier molecular flexibility index (Phi) is 6.06. The summed E-state index contributed by atoms with van der Waals surface area (Å²) in [6.07, 6.45) is 0.870. The first kappa shape index (κ1) is 22.4. The van der Waals surface area contributed by atoms with Gasteiger partial charge in [0.25, 0.3) is 5.89 Å². The molecule has 0 aliphatic carbocycles. The zero-order valence-corrected chi connectivity index (χ0v) is 19.9. The fourth-order valence-electron chi connectivity index (χ4n) is 4.35. The molecule has 1 aliphatic rings. The minimum Gasteiger partial charge on any atom is -0.497 e. The highest BCUT2D eigenvalue weighted by Crippen LogP contribution is 2.40. The highest BCUT2D eigenvalue weighted by Gasteiger charge is 2.36. The molecule has 5 rings (SSSR count). The Morgan fingerprint density at radius 2 is 1.83 bits per heavy atom. The van der Waals surface area contributed by atoms with Crippen LogP contribution in [0.3, 0.4) is 0 Å². The van der Waals surface area contributed by atoms with Gasteiger partial charge in [0.1, 0.15) is 5.75 Å². The van der Waals surface area contributed by atoms with Gasteiger partial charge in [-0.1, -0.05) is 66.7 Å². The molecule has 7 nitrogen and oxygen atoms in total. The number of aryl methyl sites for hydroxylation is 1. The van der Waals surface area contributed by atoms with E-state index >= 15 is 0 Å². The number of amides is 2. The van der Waals surface area contributed by atoms with E-state index in [9.17, 15) is 4.79 Å². The number of rotatable bonds is 6. The monoisotopic (exact) mass is 466 g/mol. The molecule has 0 bridgehead atoms. The van der Waals surface area contributed by atoms with Crippen molar-refractivity contribution in [1.29, 1.82) is 0 Å². The molecule has 1 aliphatic heterocycles. The number of ether oxygens (including phenoxy) is 1. The second kappa shape index (κ2) is 9.46. The van der Waals surface area contributed by atoms with Crippen molar-refractivity contribution in [2.45, 2.75) is 26.3 Å². The van der Waals surface area contributed by atoms with E-state index in [2.05, 4.69) is 23.5 Å². The maximum atomic E-state index is 13.4. The van der Waals surface area contributed by atoms with Gasteiger partial charge in [0.05, 0.1) is 24.4 Å². The van der Waals surface area contributed by atoms with Crippen LogP contribution in [0.4, 0.5) is 10.5 Å². The van der Waals surface area contributed by atoms with E-state index in [0.717, 1.165) is 40.1 Å². The Morgan fingerprint density at radius 1 is 1.03 bits per heavy atom. The summed E-state index contributed by atoms with van der Waals surface area (Å²) in [6.45, 7) is 4.00. The van der Waals surface area contributed by atoms with Crippen LogP contribution in [-0.2, 0) is 6.42 Å². The molecule has 4 aromatic rings. The number of hydrogen-bond donors (Lipinski definition) is 1. The lowest BCUT2D eigenvalue weighted by Crippen LogP contribution is -2.46. The lowest BCUT2D eigenvalue weighted by Gasteiger charge is -2.35. The topological polar surface area (TPSA) is 80.5 Å². The number of allylic oxidation sites excluding steroid dienone is 1. The maximum Gasteiger partial charge on any atom is 0.326 e. The van der Waals surface area contributed by atoms with Crippen LogP contribution in [-0.4, -0.2) is 23.3 Å². The molecule has 35 heavy (non-hydrogen) atoms. The largest absolute Gasteiger partial charge is 0.497 e. The van der Waals surface area contributed by atoms with Gasteiger partial charge in [-0.05, 0) is 48.7 Å². The molecular formula is C28H26N4O3. The van der Waals surface area contributed by atoms with Crippen LogP contribution >= 0.6 is 0 Å². The fourth-order valence-corrected chi connectivity index (χ4v) is 4.35. The lowest BCUT2D eigenvalue weighted by atomic mass is 9.94. The summed E-state index contributed by atoms with van der Waals surface area (Å²) < 4.78 is 11.2. The Balaban J connectivity index is 1.67. The molecule has 0 saturated carbocycles. The van der Waals surface area contributed by atoms with Crippen LogP contribution in [0.15, 0.2) is 89.1 Å². The molecule has 0 radical (unpaired) electrons. The van der Waals surface area contributed by atoms with Gasteiger partial charge in [-0.3, -0.25) is 4.90 Å². The number of hydrogen-bond acceptors (Lipinski definition) is 5. The molecule has 1 atom stereocenters. The van der Waals surface area contributed by atoms with Crippen molar-refractivity contribution in [2.75, 3.05) is 12.0 Å². The van der Waals surface area contributed by atoms with Crippen molar-refractivity contribution in [3.63, 3.8) is 0 Å². The molecule has 2 amide bonds. The van der Waals surface area contributed by atoms with Crippen molar-refractivity contribution < 1.29 is 14.1 Å². The van der Waals surface area contributed by atoms with E-state index in [-0.39, 0.29) is 6.03 Å². The second-order valence-electron chi connectivity index (χ2n) is 8.31. The van der Waals surface area contributed by atoms with E-state index in [1.807, 2.05) is 79.7 Å². The number of urea groups is 1. The summed E-state index contributed by atoms with van der Waals surface area (Å²) in [5.41, 5.74) is 5.08. The first-order chi connectivity index (χ1) is 17.1. The minimum atomic E-state index is -0.493. The van der Waals surface area contributed by atoms with Crippen LogP contribution < -0.4 is 15.0 Å². The van der Waals surface area contributed by atoms with Crippen LogP contribution in [0.25, 0.3) is 17.0 Å². The molecule has 0 fully saturated rings. The molecule has 1 aromatic heterocycles. The summed E-state index contributed by atoms with van der Waals surface area (Å²) in [5, 5.41) is 7.37. The molecule has 3 aromatic carbocycles. The highest BCUT2D eigenvalue weighted by atomic mass is 16.5. The number of aromatic nitrogens is 2. The predicted molar refractivity (Wildman–Crippen MR) is 135 cm³/mol. The number of nitrogens with zero attached hydrogens (tertiary/aromatic N) is 3. The van der Waals surface area contributed by atoms with Crippen LogP contribution in [0.1, 0.15) is 36.9 Å². The zero-order valence-electron chi connectivity index (χ0n) is 19.9. The fraction of sp³-hybridized carbons (Fsp3) is 0.179. The average molecular weight is 467 g/mol. The molecule has 0 saturated heterocycles. The molecule has 2 heterocycles. The van der Waals surface area contributed by atoms with Gasteiger partial charge < -0.3 is 14.6 Å². The van der Waals surface area contributed by atoms with Crippen molar-refractivity contribution in [3.8, 4) is 17.1 Å². The van der Waals surface area contributed by atoms with Crippen molar-refractivity contribution in [3.05, 3.63) is 102 Å². The van der Waals surface area contributed by atoms with Gasteiger partial charge in [-0.15, -0.1) is 0 Å². The quantitative estimate of drug-likeness (QED) is 0.376. The standard InChI is InChI=1S/C28H26N4O3/c1-4-19-10-8-14-22(16-19)32-18(2)24(27-30-26(31-35-27)20-11-6-5-7-12-20)25(29-28(32)33)21-13-9-15-23(17-21)34-3/h5-17,25H,4H2,1-3H3,(H,29,33). The van der Waals surface area contributed by atoms with Gasteiger partial charge in [0.15, 0.2) is 0 Å². The minimum absolute atomic E-state index is 0.227. The smallest absolute Gasteiger partial charge is 0.326 e. The third-order valence-electron chi connectivity index (χ3n) is 6.18. The zero-order chi connectivity index (χ0) is 24.4. The van der Waals surface area contributed by atoms with E-state index in [4.69, 9.17) is 14.2 Å². The summed E-state index contributed by atoms with van der Waals surface area (Å²) in [6, 6.07) is 24.5. The maximum absolute atomic E-state index is 13.4. The van der Waals surface area contributed by atoms with Gasteiger partial charge in [-0.2, -0.15) is 4.98 Å². The summed E-state index contributed by atoms with van der Waals surface area (Å²) in [5.74, 6) is 1.54. The van der Waals surface area contributed by atoms with Gasteiger partial charge in [0, 0.05) is 11.3 Å². The van der Waals surface area contributed by atoms with E-state index in [1.165, 1.54) is 0 Å². The number of benzene rings is 3.